The second kappa shape index (κ2) is 7.82. The number of hydrogen-bond donors (Lipinski definition) is 3. The minimum Gasteiger partial charge on any atom is -0.490 e. The molecule has 2 amide bonds. The van der Waals surface area contributed by atoms with E-state index in [4.69, 9.17) is 16.3 Å². The van der Waals surface area contributed by atoms with E-state index in [9.17, 15) is 4.79 Å². The molecular formula is C15H20ClN5O2. The molecule has 8 heteroatoms. The number of ether oxygens (including phenoxy) is 1. The lowest BCUT2D eigenvalue weighted by atomic mass is 10.3. The number of urea groups is 1. The maximum Gasteiger partial charge on any atom is 0.319 e. The zero-order valence-electron chi connectivity index (χ0n) is 13.3. The van der Waals surface area contributed by atoms with Crippen LogP contribution in [0.3, 0.4) is 0 Å². The molecule has 0 fully saturated rings. The van der Waals surface area contributed by atoms with Crippen molar-refractivity contribution in [3.63, 3.8) is 0 Å². The number of hydrogen-bond acceptors (Lipinski definition) is 4. The van der Waals surface area contributed by atoms with Crippen LogP contribution in [0, 0.1) is 6.92 Å². The molecule has 2 rings (SSSR count). The van der Waals surface area contributed by atoms with Gasteiger partial charge in [0.25, 0.3) is 0 Å². The lowest BCUT2D eigenvalue weighted by Crippen LogP contribution is -2.31. The lowest BCUT2D eigenvalue weighted by Gasteiger charge is -2.15. The number of para-hydroxylation sites is 1. The third kappa shape index (κ3) is 4.59. The zero-order chi connectivity index (χ0) is 16.8. The fraction of sp³-hybridized carbons (Fsp3) is 0.400. The molecule has 2 aromatic rings. The number of rotatable bonds is 6. The molecule has 7 nitrogen and oxygen atoms in total. The summed E-state index contributed by atoms with van der Waals surface area (Å²) in [5, 5.41) is 12.7. The van der Waals surface area contributed by atoms with Crippen LogP contribution < -0.4 is 15.4 Å². The van der Waals surface area contributed by atoms with Crippen LogP contribution in [0.25, 0.3) is 0 Å². The number of aryl methyl sites for hydroxylation is 1. The van der Waals surface area contributed by atoms with Gasteiger partial charge in [0, 0.05) is 0 Å². The van der Waals surface area contributed by atoms with Gasteiger partial charge in [0.15, 0.2) is 11.6 Å². The van der Waals surface area contributed by atoms with Crippen molar-refractivity contribution in [3.05, 3.63) is 34.9 Å². The average Bonchev–Trinajstić information content (AvgIpc) is 2.93. The number of amides is 2. The minimum absolute atomic E-state index is 0.334. The quantitative estimate of drug-likeness (QED) is 0.753. The Labute approximate surface area is 139 Å². The summed E-state index contributed by atoms with van der Waals surface area (Å²) >= 11 is 6.13. The van der Waals surface area contributed by atoms with Crippen molar-refractivity contribution in [1.82, 2.24) is 20.5 Å². The molecule has 124 valence electrons. The second-order valence-corrected chi connectivity index (χ2v) is 5.47. The van der Waals surface area contributed by atoms with Crippen molar-refractivity contribution >= 4 is 23.3 Å². The van der Waals surface area contributed by atoms with Crippen molar-refractivity contribution in [2.75, 3.05) is 11.9 Å². The average molecular weight is 338 g/mol. The molecule has 3 N–H and O–H groups in total. The molecule has 0 saturated heterocycles. The normalized spacial score (nSPS) is 11.8. The molecule has 23 heavy (non-hydrogen) atoms. The molecule has 0 bridgehead atoms. The monoisotopic (exact) mass is 337 g/mol. The molecular weight excluding hydrogens is 318 g/mol. The van der Waals surface area contributed by atoms with Crippen molar-refractivity contribution in [1.29, 1.82) is 0 Å². The summed E-state index contributed by atoms with van der Waals surface area (Å²) < 4.78 is 5.61. The molecule has 1 atom stereocenters. The smallest absolute Gasteiger partial charge is 0.319 e. The van der Waals surface area contributed by atoms with Gasteiger partial charge >= 0.3 is 6.03 Å². The van der Waals surface area contributed by atoms with E-state index in [1.807, 2.05) is 6.92 Å². The molecule has 1 aromatic carbocycles. The first kappa shape index (κ1) is 17.1. The second-order valence-electron chi connectivity index (χ2n) is 5.06. The van der Waals surface area contributed by atoms with Gasteiger partial charge in [-0.25, -0.2) is 9.78 Å². The van der Waals surface area contributed by atoms with Gasteiger partial charge in [-0.15, -0.1) is 0 Å². The number of halogens is 1. The van der Waals surface area contributed by atoms with Crippen LogP contribution in [0.4, 0.5) is 10.5 Å². The molecule has 1 unspecified atom stereocenters. The van der Waals surface area contributed by atoms with Crippen LogP contribution >= 0.6 is 11.6 Å². The molecule has 1 aromatic heterocycles. The minimum atomic E-state index is -0.386. The highest BCUT2D eigenvalue weighted by molar-refractivity contribution is 6.32. The van der Waals surface area contributed by atoms with Gasteiger partial charge in [-0.3, -0.25) is 5.10 Å². The Morgan fingerprint density at radius 1 is 1.48 bits per heavy atom. The van der Waals surface area contributed by atoms with Gasteiger partial charge in [0.2, 0.25) is 0 Å². The predicted molar refractivity (Wildman–Crippen MR) is 88.9 cm³/mol. The van der Waals surface area contributed by atoms with Crippen LogP contribution in [0.2, 0.25) is 5.02 Å². The first-order valence-electron chi connectivity index (χ1n) is 7.39. The summed E-state index contributed by atoms with van der Waals surface area (Å²) in [5.74, 6) is 1.68. The Morgan fingerprint density at radius 2 is 2.26 bits per heavy atom. The Morgan fingerprint density at radius 3 is 2.91 bits per heavy atom. The summed E-state index contributed by atoms with van der Waals surface area (Å²) in [6.07, 6.45) is 0.845. The maximum atomic E-state index is 12.2. The Kier molecular flexibility index (Phi) is 5.81. The third-order valence-electron chi connectivity index (χ3n) is 3.02. The lowest BCUT2D eigenvalue weighted by molar-refractivity contribution is 0.248. The summed E-state index contributed by atoms with van der Waals surface area (Å²) in [7, 11) is 0. The topological polar surface area (TPSA) is 91.9 Å². The number of aromatic nitrogens is 3. The standard InChI is InChI=1S/C15H20ClN5O2/c1-4-8-23-13-11(16)6-5-7-12(13)19-15(22)17-9(2)14-18-10(3)20-21-14/h5-7,9H,4,8H2,1-3H3,(H2,17,19,22)(H,18,20,21). The Hall–Kier alpha value is -2.28. The Bertz CT molecular complexity index is 674. The number of nitrogens with one attached hydrogen (secondary N) is 3. The van der Waals surface area contributed by atoms with E-state index in [2.05, 4.69) is 25.8 Å². The fourth-order valence-corrected chi connectivity index (χ4v) is 2.16. The van der Waals surface area contributed by atoms with E-state index in [0.29, 0.717) is 34.7 Å². The number of carbonyl (C=O) groups excluding carboxylic acids is 1. The predicted octanol–water partition coefficient (Wildman–Crippen LogP) is 3.44. The van der Waals surface area contributed by atoms with Gasteiger partial charge < -0.3 is 15.4 Å². The SMILES string of the molecule is CCCOc1c(Cl)cccc1NC(=O)NC(C)c1n[nH]c(C)n1. The summed E-state index contributed by atoms with van der Waals surface area (Å²) in [5.41, 5.74) is 0.516. The van der Waals surface area contributed by atoms with E-state index in [1.165, 1.54) is 0 Å². The maximum absolute atomic E-state index is 12.2. The van der Waals surface area contributed by atoms with Gasteiger partial charge in [0.1, 0.15) is 5.82 Å². The molecule has 0 spiro atoms. The molecule has 0 radical (unpaired) electrons. The number of H-pyrrole nitrogens is 1. The van der Waals surface area contributed by atoms with E-state index in [0.717, 1.165) is 6.42 Å². The van der Waals surface area contributed by atoms with Gasteiger partial charge in [0.05, 0.1) is 23.4 Å². The van der Waals surface area contributed by atoms with Gasteiger partial charge in [-0.1, -0.05) is 24.6 Å². The van der Waals surface area contributed by atoms with Crippen LogP contribution in [-0.4, -0.2) is 27.8 Å². The highest BCUT2D eigenvalue weighted by Crippen LogP contribution is 2.33. The summed E-state index contributed by atoms with van der Waals surface area (Å²) in [6.45, 7) is 6.12. The highest BCUT2D eigenvalue weighted by atomic mass is 35.5. The third-order valence-corrected chi connectivity index (χ3v) is 3.31. The van der Waals surface area contributed by atoms with Crippen LogP contribution in [0.5, 0.6) is 5.75 Å². The van der Waals surface area contributed by atoms with E-state index < -0.39 is 0 Å². The number of nitrogens with zero attached hydrogens (tertiary/aromatic N) is 2. The van der Waals surface area contributed by atoms with Crippen molar-refractivity contribution in [2.24, 2.45) is 0 Å². The largest absolute Gasteiger partial charge is 0.490 e. The first-order valence-corrected chi connectivity index (χ1v) is 7.76. The fourth-order valence-electron chi connectivity index (χ4n) is 1.93. The summed E-state index contributed by atoms with van der Waals surface area (Å²) in [4.78, 5) is 16.3. The number of anilines is 1. The van der Waals surface area contributed by atoms with E-state index in [-0.39, 0.29) is 12.1 Å². The molecule has 0 aliphatic heterocycles. The molecule has 0 aliphatic rings. The van der Waals surface area contributed by atoms with Crippen molar-refractivity contribution in [3.8, 4) is 5.75 Å². The van der Waals surface area contributed by atoms with Crippen LogP contribution in [-0.2, 0) is 0 Å². The van der Waals surface area contributed by atoms with Gasteiger partial charge in [-0.2, -0.15) is 5.10 Å². The number of carbonyl (C=O) groups is 1. The Balaban J connectivity index is 2.03. The van der Waals surface area contributed by atoms with Crippen LogP contribution in [0.15, 0.2) is 18.2 Å². The van der Waals surface area contributed by atoms with Gasteiger partial charge in [-0.05, 0) is 32.4 Å². The molecule has 0 saturated carbocycles. The highest BCUT2D eigenvalue weighted by Gasteiger charge is 2.16. The first-order chi connectivity index (χ1) is 11.0. The van der Waals surface area contributed by atoms with Crippen molar-refractivity contribution < 1.29 is 9.53 Å². The van der Waals surface area contributed by atoms with E-state index in [1.54, 1.807) is 32.0 Å². The summed E-state index contributed by atoms with van der Waals surface area (Å²) in [6, 6.07) is 4.48. The number of benzene rings is 1. The van der Waals surface area contributed by atoms with Crippen LogP contribution in [0.1, 0.15) is 38.0 Å². The van der Waals surface area contributed by atoms with Crippen molar-refractivity contribution in [2.45, 2.75) is 33.2 Å². The van der Waals surface area contributed by atoms with E-state index >= 15 is 0 Å². The number of aromatic amines is 1. The molecule has 0 aliphatic carbocycles. The molecule has 1 heterocycles. The zero-order valence-corrected chi connectivity index (χ0v) is 14.1.